The molecule has 2 N–H and O–H groups in total. The lowest BCUT2D eigenvalue weighted by atomic mass is 10.3. The Bertz CT molecular complexity index is 64.8. The summed E-state index contributed by atoms with van der Waals surface area (Å²) in [5.41, 5.74) is 0. The van der Waals surface area contributed by atoms with E-state index < -0.39 is 12.7 Å². The third-order valence-electron chi connectivity index (χ3n) is 0.394. The molecule has 1 radical (unpaired) electrons. The molecule has 0 heterocycles. The molecule has 0 rings (SSSR count). The van der Waals surface area contributed by atoms with E-state index in [1.165, 1.54) is 0 Å². The van der Waals surface area contributed by atoms with Crippen LogP contribution in [0.1, 0.15) is 0 Å². The summed E-state index contributed by atoms with van der Waals surface area (Å²) in [5.74, 6) is 0. The SMILES string of the molecule is O[B]NCC(F)(F)F. The predicted molar refractivity (Wildman–Crippen MR) is 22.0 cm³/mol. The summed E-state index contributed by atoms with van der Waals surface area (Å²) in [6.07, 6.45) is -4.25. The molecule has 0 bridgehead atoms. The first-order valence-corrected chi connectivity index (χ1v) is 1.82. The molecule has 0 aromatic carbocycles. The average molecular weight is 126 g/mol. The molecule has 2 nitrogen and oxygen atoms in total. The molecule has 0 aromatic rings. The van der Waals surface area contributed by atoms with Gasteiger partial charge in [0.1, 0.15) is 0 Å². The van der Waals surface area contributed by atoms with Crippen LogP contribution in [0.25, 0.3) is 0 Å². The Balaban J connectivity index is 3.11. The number of hydrogen-bond donors (Lipinski definition) is 2. The Morgan fingerprint density at radius 3 is 2.12 bits per heavy atom. The predicted octanol–water partition coefficient (Wildman–Crippen LogP) is -0.335. The zero-order valence-corrected chi connectivity index (χ0v) is 3.87. The molecule has 0 amide bonds. The van der Waals surface area contributed by atoms with Gasteiger partial charge in [-0.25, -0.2) is 0 Å². The van der Waals surface area contributed by atoms with Crippen molar-refractivity contribution in [2.75, 3.05) is 6.54 Å². The van der Waals surface area contributed by atoms with Crippen molar-refractivity contribution in [1.29, 1.82) is 0 Å². The minimum absolute atomic E-state index is 0.257. The van der Waals surface area contributed by atoms with Crippen LogP contribution in [-0.4, -0.2) is 25.4 Å². The minimum Gasteiger partial charge on any atom is -0.440 e. The highest BCUT2D eigenvalue weighted by Gasteiger charge is 2.25. The number of alkyl halides is 3. The normalized spacial score (nSPS) is 11.5. The Morgan fingerprint density at radius 2 is 2.00 bits per heavy atom. The van der Waals surface area contributed by atoms with E-state index in [4.69, 9.17) is 5.02 Å². The lowest BCUT2D eigenvalue weighted by Crippen LogP contribution is -2.31. The van der Waals surface area contributed by atoms with E-state index >= 15 is 0 Å². The summed E-state index contributed by atoms with van der Waals surface area (Å²) in [5, 5.41) is 9.29. The molecule has 0 unspecified atom stereocenters. The molecular weight excluding hydrogens is 122 g/mol. The van der Waals surface area contributed by atoms with Crippen LogP contribution in [0.2, 0.25) is 0 Å². The monoisotopic (exact) mass is 126 g/mol. The van der Waals surface area contributed by atoms with Gasteiger partial charge >= 0.3 is 13.8 Å². The Morgan fingerprint density at radius 1 is 1.50 bits per heavy atom. The highest BCUT2D eigenvalue weighted by molar-refractivity contribution is 6.21. The second-order valence-corrected chi connectivity index (χ2v) is 1.13. The van der Waals surface area contributed by atoms with Crippen molar-refractivity contribution < 1.29 is 18.2 Å². The van der Waals surface area contributed by atoms with Gasteiger partial charge in [0.25, 0.3) is 0 Å². The van der Waals surface area contributed by atoms with Crippen LogP contribution in [0.5, 0.6) is 0 Å². The molecule has 47 valence electrons. The summed E-state index contributed by atoms with van der Waals surface area (Å²) in [6.45, 7) is -1.19. The Labute approximate surface area is 45.0 Å². The summed E-state index contributed by atoms with van der Waals surface area (Å²) in [7, 11) is 0.257. The molecule has 6 heteroatoms. The van der Waals surface area contributed by atoms with Crippen molar-refractivity contribution in [1.82, 2.24) is 5.23 Å². The fraction of sp³-hybridized carbons (Fsp3) is 1.00. The van der Waals surface area contributed by atoms with E-state index in [1.807, 2.05) is 0 Å². The molecule has 0 atom stereocenters. The topological polar surface area (TPSA) is 32.3 Å². The minimum atomic E-state index is -4.25. The van der Waals surface area contributed by atoms with Crippen LogP contribution in [-0.2, 0) is 0 Å². The van der Waals surface area contributed by atoms with Crippen molar-refractivity contribution in [3.8, 4) is 0 Å². The van der Waals surface area contributed by atoms with Crippen molar-refractivity contribution in [2.24, 2.45) is 0 Å². The molecule has 0 aliphatic rings. The highest BCUT2D eigenvalue weighted by Crippen LogP contribution is 2.11. The first-order chi connectivity index (χ1) is 3.56. The number of hydrogen-bond acceptors (Lipinski definition) is 2. The molecule has 0 spiro atoms. The van der Waals surface area contributed by atoms with Gasteiger partial charge in [-0.1, -0.05) is 0 Å². The van der Waals surface area contributed by atoms with E-state index in [1.54, 1.807) is 5.23 Å². The van der Waals surface area contributed by atoms with Gasteiger partial charge < -0.3 is 10.3 Å². The summed E-state index contributed by atoms with van der Waals surface area (Å²) in [6, 6.07) is 0. The Kier molecular flexibility index (Phi) is 2.85. The Hall–Kier alpha value is -0.225. The molecule has 8 heavy (non-hydrogen) atoms. The summed E-state index contributed by atoms with van der Waals surface area (Å²) < 4.78 is 33.1. The van der Waals surface area contributed by atoms with Crippen LogP contribution in [0, 0.1) is 0 Å². The average Bonchev–Trinajstić information content (AvgIpc) is 1.59. The van der Waals surface area contributed by atoms with Crippen molar-refractivity contribution >= 4 is 7.62 Å². The maximum Gasteiger partial charge on any atom is 0.400 e. The van der Waals surface area contributed by atoms with E-state index in [0.29, 0.717) is 0 Å². The third-order valence-corrected chi connectivity index (χ3v) is 0.394. The zero-order valence-electron chi connectivity index (χ0n) is 3.87. The highest BCUT2D eigenvalue weighted by atomic mass is 19.4. The fourth-order valence-corrected chi connectivity index (χ4v) is 0.161. The van der Waals surface area contributed by atoms with E-state index in [-0.39, 0.29) is 7.62 Å². The second-order valence-electron chi connectivity index (χ2n) is 1.13. The fourth-order valence-electron chi connectivity index (χ4n) is 0.161. The maximum atomic E-state index is 11.0. The summed E-state index contributed by atoms with van der Waals surface area (Å²) in [4.78, 5) is 0. The van der Waals surface area contributed by atoms with Gasteiger partial charge in [-0.2, -0.15) is 13.2 Å². The molecule has 0 aliphatic heterocycles. The van der Waals surface area contributed by atoms with Crippen LogP contribution in [0.4, 0.5) is 13.2 Å². The van der Waals surface area contributed by atoms with Gasteiger partial charge in [0, 0.05) is 0 Å². The van der Waals surface area contributed by atoms with E-state index in [0.717, 1.165) is 0 Å². The zero-order chi connectivity index (χ0) is 6.62. The van der Waals surface area contributed by atoms with Crippen molar-refractivity contribution in [2.45, 2.75) is 6.18 Å². The van der Waals surface area contributed by atoms with Crippen LogP contribution < -0.4 is 5.23 Å². The largest absolute Gasteiger partial charge is 0.440 e. The van der Waals surface area contributed by atoms with Gasteiger partial charge in [-0.15, -0.1) is 0 Å². The number of nitrogens with one attached hydrogen (secondary N) is 1. The first-order valence-electron chi connectivity index (χ1n) is 1.82. The lowest BCUT2D eigenvalue weighted by molar-refractivity contribution is -0.121. The van der Waals surface area contributed by atoms with Crippen LogP contribution in [0.15, 0.2) is 0 Å². The van der Waals surface area contributed by atoms with Crippen LogP contribution >= 0.6 is 0 Å². The first kappa shape index (κ1) is 7.77. The van der Waals surface area contributed by atoms with E-state index in [2.05, 4.69) is 0 Å². The van der Waals surface area contributed by atoms with Gasteiger partial charge in [-0.05, 0) is 0 Å². The number of rotatable bonds is 2. The van der Waals surface area contributed by atoms with Gasteiger partial charge in [0.05, 0.1) is 6.54 Å². The summed E-state index contributed by atoms with van der Waals surface area (Å²) >= 11 is 0. The molecule has 0 aliphatic carbocycles. The third kappa shape index (κ3) is 5.77. The molecule has 0 saturated carbocycles. The van der Waals surface area contributed by atoms with Gasteiger partial charge in [0.15, 0.2) is 0 Å². The molecule has 0 fully saturated rings. The second kappa shape index (κ2) is 2.93. The van der Waals surface area contributed by atoms with Crippen molar-refractivity contribution in [3.05, 3.63) is 0 Å². The molecule has 0 aromatic heterocycles. The van der Waals surface area contributed by atoms with Gasteiger partial charge in [0.2, 0.25) is 0 Å². The maximum absolute atomic E-state index is 11.0. The number of halogens is 3. The lowest BCUT2D eigenvalue weighted by Gasteiger charge is -2.03. The van der Waals surface area contributed by atoms with E-state index in [9.17, 15) is 13.2 Å². The van der Waals surface area contributed by atoms with Crippen LogP contribution in [0.3, 0.4) is 0 Å². The van der Waals surface area contributed by atoms with Gasteiger partial charge in [-0.3, -0.25) is 0 Å². The quantitative estimate of drug-likeness (QED) is 0.496. The standard InChI is InChI=1S/C2H4BF3NO/c4-2(5,6)1-7-3-8/h7-8H,1H2. The van der Waals surface area contributed by atoms with Crippen molar-refractivity contribution in [3.63, 3.8) is 0 Å². The molecular formula is C2H4BF3NO. The smallest absolute Gasteiger partial charge is 0.400 e. The molecule has 0 saturated heterocycles.